The maximum absolute atomic E-state index is 6.16. The smallest absolute Gasteiger partial charge is 0.0590 e. The second-order valence-electron chi connectivity index (χ2n) is 6.42. The Hall–Kier alpha value is -0.900. The van der Waals surface area contributed by atoms with Gasteiger partial charge in [-0.1, -0.05) is 23.8 Å². The molecule has 2 unspecified atom stereocenters. The Bertz CT molecular complexity index is 457. The highest BCUT2D eigenvalue weighted by atomic mass is 16.5. The van der Waals surface area contributed by atoms with E-state index in [1.807, 2.05) is 0 Å². The number of ether oxygens (including phenoxy) is 1. The number of nitrogens with two attached hydrogens (primary N) is 1. The van der Waals surface area contributed by atoms with Crippen LogP contribution in [0.25, 0.3) is 0 Å². The van der Waals surface area contributed by atoms with E-state index in [2.05, 4.69) is 43.9 Å². The molecule has 118 valence electrons. The Morgan fingerprint density at radius 3 is 2.57 bits per heavy atom. The van der Waals surface area contributed by atoms with Gasteiger partial charge in [-0.3, -0.25) is 4.90 Å². The Labute approximate surface area is 129 Å². The molecule has 3 nitrogen and oxygen atoms in total. The minimum atomic E-state index is 0.288. The van der Waals surface area contributed by atoms with Crippen molar-refractivity contribution < 1.29 is 4.74 Å². The van der Waals surface area contributed by atoms with E-state index in [9.17, 15) is 0 Å². The lowest BCUT2D eigenvalue weighted by molar-refractivity contribution is 0.0832. The van der Waals surface area contributed by atoms with Crippen LogP contribution in [0.5, 0.6) is 0 Å². The molecule has 2 N–H and O–H groups in total. The summed E-state index contributed by atoms with van der Waals surface area (Å²) in [7, 11) is 1.77. The van der Waals surface area contributed by atoms with Crippen molar-refractivity contribution in [1.29, 1.82) is 0 Å². The maximum Gasteiger partial charge on any atom is 0.0590 e. The molecule has 0 bridgehead atoms. The van der Waals surface area contributed by atoms with E-state index < -0.39 is 0 Å². The predicted octanol–water partition coefficient (Wildman–Crippen LogP) is 3.05. The van der Waals surface area contributed by atoms with Gasteiger partial charge >= 0.3 is 0 Å². The molecule has 1 aromatic carbocycles. The fraction of sp³-hybridized carbons (Fsp3) is 0.667. The average molecular weight is 290 g/mol. The lowest BCUT2D eigenvalue weighted by atomic mass is 9.96. The fourth-order valence-corrected chi connectivity index (χ4v) is 3.33. The topological polar surface area (TPSA) is 38.5 Å². The fourth-order valence-electron chi connectivity index (χ4n) is 3.33. The van der Waals surface area contributed by atoms with Gasteiger partial charge in [0.25, 0.3) is 0 Å². The molecule has 1 aliphatic rings. The van der Waals surface area contributed by atoms with E-state index in [0.29, 0.717) is 12.6 Å². The first-order valence-corrected chi connectivity index (χ1v) is 8.10. The molecule has 1 saturated carbocycles. The molecule has 0 heterocycles. The molecular weight excluding hydrogens is 260 g/mol. The number of hydrogen-bond donors (Lipinski definition) is 1. The van der Waals surface area contributed by atoms with E-state index in [-0.39, 0.29) is 6.04 Å². The van der Waals surface area contributed by atoms with Gasteiger partial charge in [0.15, 0.2) is 0 Å². The molecule has 1 fully saturated rings. The van der Waals surface area contributed by atoms with Crippen LogP contribution in [0.1, 0.15) is 42.5 Å². The van der Waals surface area contributed by atoms with Crippen molar-refractivity contribution in [3.05, 3.63) is 34.9 Å². The Kier molecular flexibility index (Phi) is 5.80. The van der Waals surface area contributed by atoms with Crippen molar-refractivity contribution in [2.24, 2.45) is 11.7 Å². The summed E-state index contributed by atoms with van der Waals surface area (Å²) in [5, 5.41) is 0. The van der Waals surface area contributed by atoms with E-state index in [4.69, 9.17) is 10.5 Å². The van der Waals surface area contributed by atoms with Crippen LogP contribution in [-0.4, -0.2) is 37.7 Å². The predicted molar refractivity (Wildman–Crippen MR) is 88.5 cm³/mol. The molecule has 1 aromatic rings. The molecule has 0 aliphatic heterocycles. The zero-order valence-electron chi connectivity index (χ0n) is 13.9. The van der Waals surface area contributed by atoms with Crippen LogP contribution in [-0.2, 0) is 4.74 Å². The van der Waals surface area contributed by atoms with Crippen molar-refractivity contribution in [1.82, 2.24) is 4.90 Å². The van der Waals surface area contributed by atoms with Crippen molar-refractivity contribution in [3.8, 4) is 0 Å². The first kappa shape index (κ1) is 16.5. The van der Waals surface area contributed by atoms with Crippen LogP contribution in [0.4, 0.5) is 0 Å². The molecule has 3 heteroatoms. The summed E-state index contributed by atoms with van der Waals surface area (Å²) in [4.78, 5) is 2.55. The molecular formula is C18H30N2O. The van der Waals surface area contributed by atoms with Crippen molar-refractivity contribution in [2.75, 3.05) is 26.8 Å². The monoisotopic (exact) mass is 290 g/mol. The second kappa shape index (κ2) is 7.39. The first-order valence-electron chi connectivity index (χ1n) is 8.10. The molecule has 1 aliphatic carbocycles. The average Bonchev–Trinajstić information content (AvgIpc) is 3.28. The van der Waals surface area contributed by atoms with E-state index in [0.717, 1.165) is 19.1 Å². The molecule has 2 atom stereocenters. The van der Waals surface area contributed by atoms with Gasteiger partial charge in [-0.15, -0.1) is 0 Å². The van der Waals surface area contributed by atoms with Crippen molar-refractivity contribution >= 4 is 0 Å². The van der Waals surface area contributed by atoms with Crippen LogP contribution in [0.3, 0.4) is 0 Å². The molecule has 0 saturated heterocycles. The molecule has 0 radical (unpaired) electrons. The summed E-state index contributed by atoms with van der Waals surface area (Å²) < 4.78 is 5.32. The van der Waals surface area contributed by atoms with Gasteiger partial charge in [-0.05, 0) is 50.7 Å². The van der Waals surface area contributed by atoms with E-state index in [1.54, 1.807) is 7.11 Å². The summed E-state index contributed by atoms with van der Waals surface area (Å²) in [5.74, 6) is 0.835. The van der Waals surface area contributed by atoms with Crippen LogP contribution < -0.4 is 5.73 Å². The zero-order chi connectivity index (χ0) is 15.4. The third-order valence-electron chi connectivity index (χ3n) is 4.79. The minimum Gasteiger partial charge on any atom is -0.383 e. The Morgan fingerprint density at radius 1 is 1.33 bits per heavy atom. The molecule has 0 spiro atoms. The van der Waals surface area contributed by atoms with Gasteiger partial charge < -0.3 is 10.5 Å². The van der Waals surface area contributed by atoms with Crippen LogP contribution in [0.15, 0.2) is 18.2 Å². The highest BCUT2D eigenvalue weighted by Crippen LogP contribution is 2.38. The SMILES string of the molecule is COCCN(C(CN)c1ccc(C)cc1C)C(C)C1CC1. The standard InChI is InChI=1S/C18H30N2O/c1-13-5-8-17(14(2)11-13)18(12-19)20(9-10-21-4)15(3)16-6-7-16/h5,8,11,15-16,18H,6-7,9-10,12,19H2,1-4H3. The first-order chi connectivity index (χ1) is 10.1. The zero-order valence-corrected chi connectivity index (χ0v) is 13.9. The molecule has 21 heavy (non-hydrogen) atoms. The van der Waals surface area contributed by atoms with Gasteiger partial charge in [0.1, 0.15) is 0 Å². The van der Waals surface area contributed by atoms with Crippen molar-refractivity contribution in [2.45, 2.75) is 45.7 Å². The number of benzene rings is 1. The highest BCUT2D eigenvalue weighted by molar-refractivity contribution is 5.33. The number of methoxy groups -OCH3 is 1. The number of hydrogen-bond acceptors (Lipinski definition) is 3. The number of nitrogens with zero attached hydrogens (tertiary/aromatic N) is 1. The highest BCUT2D eigenvalue weighted by Gasteiger charge is 2.35. The van der Waals surface area contributed by atoms with Gasteiger partial charge in [0, 0.05) is 32.3 Å². The summed E-state index contributed by atoms with van der Waals surface area (Å²) in [6, 6.07) is 7.57. The largest absolute Gasteiger partial charge is 0.383 e. The van der Waals surface area contributed by atoms with Gasteiger partial charge in [-0.2, -0.15) is 0 Å². The van der Waals surface area contributed by atoms with E-state index >= 15 is 0 Å². The Balaban J connectivity index is 2.24. The Morgan fingerprint density at radius 2 is 2.05 bits per heavy atom. The molecule has 0 aromatic heterocycles. The summed E-state index contributed by atoms with van der Waals surface area (Å²) in [5.41, 5.74) is 10.2. The van der Waals surface area contributed by atoms with Crippen LogP contribution >= 0.6 is 0 Å². The lowest BCUT2D eigenvalue weighted by Gasteiger charge is -2.37. The number of aryl methyl sites for hydroxylation is 2. The van der Waals surface area contributed by atoms with Gasteiger partial charge in [0.2, 0.25) is 0 Å². The normalized spacial score (nSPS) is 18.0. The summed E-state index contributed by atoms with van der Waals surface area (Å²) >= 11 is 0. The minimum absolute atomic E-state index is 0.288. The third-order valence-corrected chi connectivity index (χ3v) is 4.79. The molecule has 2 rings (SSSR count). The number of rotatable bonds is 8. The van der Waals surface area contributed by atoms with Crippen molar-refractivity contribution in [3.63, 3.8) is 0 Å². The lowest BCUT2D eigenvalue weighted by Crippen LogP contribution is -2.43. The van der Waals surface area contributed by atoms with E-state index in [1.165, 1.54) is 29.5 Å². The molecule has 0 amide bonds. The quantitative estimate of drug-likeness (QED) is 0.800. The van der Waals surface area contributed by atoms with Crippen LogP contribution in [0.2, 0.25) is 0 Å². The van der Waals surface area contributed by atoms with Gasteiger partial charge in [0.05, 0.1) is 6.61 Å². The van der Waals surface area contributed by atoms with Gasteiger partial charge in [-0.25, -0.2) is 0 Å². The second-order valence-corrected chi connectivity index (χ2v) is 6.42. The maximum atomic E-state index is 6.16. The third kappa shape index (κ3) is 4.06. The summed E-state index contributed by atoms with van der Waals surface area (Å²) in [6.07, 6.45) is 2.71. The van der Waals surface area contributed by atoms with Crippen LogP contribution in [0, 0.1) is 19.8 Å². The summed E-state index contributed by atoms with van der Waals surface area (Å²) in [6.45, 7) is 9.05.